The van der Waals surface area contributed by atoms with Crippen molar-refractivity contribution in [1.82, 2.24) is 15.1 Å². The summed E-state index contributed by atoms with van der Waals surface area (Å²) in [5.74, 6) is 0.941. The molecular weight excluding hydrogens is 208 g/mol. The van der Waals surface area contributed by atoms with Gasteiger partial charge in [0.05, 0.1) is 18.3 Å². The Balaban J connectivity index is 2.24. The molecular formula is C10H16N4S. The Morgan fingerprint density at radius 2 is 2.53 bits per heavy atom. The van der Waals surface area contributed by atoms with Gasteiger partial charge in [0.15, 0.2) is 0 Å². The van der Waals surface area contributed by atoms with Crippen LogP contribution in [0.3, 0.4) is 0 Å². The van der Waals surface area contributed by atoms with E-state index in [1.807, 2.05) is 26.4 Å². The van der Waals surface area contributed by atoms with Gasteiger partial charge < -0.3 is 5.32 Å². The smallest absolute Gasteiger partial charge is 0.0960 e. The number of nitriles is 1. The zero-order valence-corrected chi connectivity index (χ0v) is 9.92. The Bertz CT molecular complexity index is 328. The highest BCUT2D eigenvalue weighted by Gasteiger charge is 2.05. The molecule has 0 saturated carbocycles. The first-order chi connectivity index (χ1) is 7.26. The minimum Gasteiger partial charge on any atom is -0.302 e. The van der Waals surface area contributed by atoms with Crippen LogP contribution >= 0.6 is 11.8 Å². The molecule has 1 aromatic heterocycles. The van der Waals surface area contributed by atoms with Gasteiger partial charge in [-0.2, -0.15) is 10.4 Å². The summed E-state index contributed by atoms with van der Waals surface area (Å²) in [6.45, 7) is 2.86. The van der Waals surface area contributed by atoms with Gasteiger partial charge in [-0.05, 0) is 13.0 Å². The Morgan fingerprint density at radius 1 is 1.73 bits per heavy atom. The van der Waals surface area contributed by atoms with Crippen LogP contribution in [0.1, 0.15) is 13.3 Å². The summed E-state index contributed by atoms with van der Waals surface area (Å²) in [6, 6.07) is 2.22. The normalized spacial score (nSPS) is 12.3. The molecule has 0 radical (unpaired) electrons. The van der Waals surface area contributed by atoms with Crippen LogP contribution in [0.4, 0.5) is 0 Å². The van der Waals surface area contributed by atoms with Gasteiger partial charge in [-0.3, -0.25) is 4.68 Å². The largest absolute Gasteiger partial charge is 0.302 e. The average Bonchev–Trinajstić information content (AvgIpc) is 2.63. The van der Waals surface area contributed by atoms with E-state index < -0.39 is 0 Å². The van der Waals surface area contributed by atoms with Crippen molar-refractivity contribution in [3.8, 4) is 6.07 Å². The van der Waals surface area contributed by atoms with Crippen LogP contribution in [-0.2, 0) is 7.05 Å². The van der Waals surface area contributed by atoms with Crippen LogP contribution in [0.15, 0.2) is 17.3 Å². The molecule has 0 saturated heterocycles. The third-order valence-electron chi connectivity index (χ3n) is 1.96. The first-order valence-corrected chi connectivity index (χ1v) is 5.99. The molecule has 0 bridgehead atoms. The monoisotopic (exact) mass is 224 g/mol. The lowest BCUT2D eigenvalue weighted by molar-refractivity contribution is 0.613. The third kappa shape index (κ3) is 4.36. The van der Waals surface area contributed by atoms with Crippen LogP contribution in [0.5, 0.6) is 0 Å². The third-order valence-corrected chi connectivity index (χ3v) is 2.95. The molecule has 0 spiro atoms. The molecule has 0 aliphatic rings. The lowest BCUT2D eigenvalue weighted by Gasteiger charge is -2.07. The molecule has 1 rings (SSSR count). The molecule has 82 valence electrons. The van der Waals surface area contributed by atoms with Gasteiger partial charge in [0.25, 0.3) is 0 Å². The number of hydrogen-bond acceptors (Lipinski definition) is 4. The molecule has 0 aliphatic carbocycles. The molecule has 5 heteroatoms. The number of nitrogens with zero attached hydrogens (tertiary/aromatic N) is 3. The van der Waals surface area contributed by atoms with Gasteiger partial charge >= 0.3 is 0 Å². The van der Waals surface area contributed by atoms with Gasteiger partial charge in [0.2, 0.25) is 0 Å². The molecule has 0 aromatic carbocycles. The van der Waals surface area contributed by atoms with E-state index in [2.05, 4.69) is 16.5 Å². The van der Waals surface area contributed by atoms with Crippen LogP contribution in [0.2, 0.25) is 0 Å². The molecule has 1 atom stereocenters. The van der Waals surface area contributed by atoms with E-state index in [0.717, 1.165) is 23.6 Å². The molecule has 15 heavy (non-hydrogen) atoms. The number of rotatable bonds is 6. The molecule has 0 fully saturated rings. The first-order valence-electron chi connectivity index (χ1n) is 5.00. The van der Waals surface area contributed by atoms with Crippen molar-refractivity contribution < 1.29 is 0 Å². The fraction of sp³-hybridized carbons (Fsp3) is 0.600. The van der Waals surface area contributed by atoms with E-state index in [9.17, 15) is 0 Å². The Hall–Kier alpha value is -0.990. The Morgan fingerprint density at radius 3 is 3.07 bits per heavy atom. The summed E-state index contributed by atoms with van der Waals surface area (Å²) in [4.78, 5) is 1.16. The maximum atomic E-state index is 8.82. The summed E-state index contributed by atoms with van der Waals surface area (Å²) in [7, 11) is 1.90. The summed E-state index contributed by atoms with van der Waals surface area (Å²) in [6.07, 6.45) is 4.70. The summed E-state index contributed by atoms with van der Waals surface area (Å²) in [5.41, 5.74) is 0. The predicted molar refractivity (Wildman–Crippen MR) is 61.6 cm³/mol. The summed E-state index contributed by atoms with van der Waals surface area (Å²) >= 11 is 1.74. The fourth-order valence-electron chi connectivity index (χ4n) is 1.23. The first kappa shape index (κ1) is 12.1. The summed E-state index contributed by atoms with van der Waals surface area (Å²) in [5, 5.41) is 16.0. The number of thioether (sulfide) groups is 1. The van der Waals surface area contributed by atoms with Gasteiger partial charge in [-0.1, -0.05) is 6.92 Å². The molecule has 4 nitrogen and oxygen atoms in total. The quantitative estimate of drug-likeness (QED) is 0.742. The van der Waals surface area contributed by atoms with E-state index >= 15 is 0 Å². The van der Waals surface area contributed by atoms with E-state index in [4.69, 9.17) is 5.26 Å². The zero-order chi connectivity index (χ0) is 11.1. The van der Waals surface area contributed by atoms with Crippen LogP contribution in [0.25, 0.3) is 0 Å². The van der Waals surface area contributed by atoms with E-state index in [-0.39, 0.29) is 6.04 Å². The van der Waals surface area contributed by atoms with E-state index in [1.165, 1.54) is 0 Å². The zero-order valence-electron chi connectivity index (χ0n) is 9.10. The fourth-order valence-corrected chi connectivity index (χ4v) is 2.16. The van der Waals surface area contributed by atoms with Gasteiger partial charge in [0.1, 0.15) is 0 Å². The molecule has 1 N–H and O–H groups in total. The standard InChI is InChI=1S/C10H16N4S/c1-3-12-9(6-11)4-5-15-10-7-13-14(2)8-10/h7-9,12H,3-5H2,1-2H3. The maximum Gasteiger partial charge on any atom is 0.0960 e. The van der Waals surface area contributed by atoms with Gasteiger partial charge in [-0.25, -0.2) is 0 Å². The highest BCUT2D eigenvalue weighted by atomic mass is 32.2. The second-order valence-electron chi connectivity index (χ2n) is 3.23. The van der Waals surface area contributed by atoms with E-state index in [1.54, 1.807) is 16.4 Å². The van der Waals surface area contributed by atoms with Crippen LogP contribution < -0.4 is 5.32 Å². The van der Waals surface area contributed by atoms with E-state index in [0.29, 0.717) is 0 Å². The number of nitrogens with one attached hydrogen (secondary N) is 1. The second-order valence-corrected chi connectivity index (χ2v) is 4.39. The highest BCUT2D eigenvalue weighted by Crippen LogP contribution is 2.17. The minimum atomic E-state index is -0.0285. The van der Waals surface area contributed by atoms with Gasteiger partial charge in [-0.15, -0.1) is 11.8 Å². The Kier molecular flexibility index (Phi) is 5.22. The topological polar surface area (TPSA) is 53.6 Å². The van der Waals surface area contributed by atoms with Gasteiger partial charge in [0, 0.05) is 23.9 Å². The van der Waals surface area contributed by atoms with Crippen LogP contribution in [0, 0.1) is 11.3 Å². The number of aromatic nitrogens is 2. The van der Waals surface area contributed by atoms with Crippen molar-refractivity contribution in [3.05, 3.63) is 12.4 Å². The average molecular weight is 224 g/mol. The van der Waals surface area contributed by atoms with Crippen molar-refractivity contribution in [3.63, 3.8) is 0 Å². The minimum absolute atomic E-state index is 0.0285. The predicted octanol–water partition coefficient (Wildman–Crippen LogP) is 1.40. The van der Waals surface area contributed by atoms with Crippen LogP contribution in [-0.4, -0.2) is 28.1 Å². The SMILES string of the molecule is CCNC(C#N)CCSc1cnn(C)c1. The lowest BCUT2D eigenvalue weighted by atomic mass is 10.2. The Labute approximate surface area is 94.7 Å². The number of aryl methyl sites for hydroxylation is 1. The van der Waals surface area contributed by atoms with Crippen molar-refractivity contribution in [1.29, 1.82) is 5.26 Å². The lowest BCUT2D eigenvalue weighted by Crippen LogP contribution is -2.27. The van der Waals surface area contributed by atoms with Crippen molar-refractivity contribution in [2.75, 3.05) is 12.3 Å². The second kappa shape index (κ2) is 6.49. The molecule has 0 amide bonds. The number of hydrogen-bond donors (Lipinski definition) is 1. The van der Waals surface area contributed by atoms with Crippen molar-refractivity contribution >= 4 is 11.8 Å². The maximum absolute atomic E-state index is 8.82. The molecule has 1 aromatic rings. The highest BCUT2D eigenvalue weighted by molar-refractivity contribution is 7.99. The van der Waals surface area contributed by atoms with Crippen molar-refractivity contribution in [2.45, 2.75) is 24.3 Å². The molecule has 0 aliphatic heterocycles. The molecule has 1 heterocycles. The molecule has 1 unspecified atom stereocenters. The van der Waals surface area contributed by atoms with Crippen molar-refractivity contribution in [2.24, 2.45) is 7.05 Å². The summed E-state index contributed by atoms with van der Waals surface area (Å²) < 4.78 is 1.79.